The van der Waals surface area contributed by atoms with Crippen LogP contribution in [-0.2, 0) is 11.3 Å². The molecule has 0 spiro atoms. The van der Waals surface area contributed by atoms with Crippen molar-refractivity contribution in [1.82, 2.24) is 10.3 Å². The fourth-order valence-corrected chi connectivity index (χ4v) is 2.64. The maximum atomic E-state index is 11.1. The zero-order valence-corrected chi connectivity index (χ0v) is 13.3. The molecule has 1 heterocycles. The Bertz CT molecular complexity index is 413. The van der Waals surface area contributed by atoms with E-state index in [4.69, 9.17) is 5.11 Å². The quantitative estimate of drug-likeness (QED) is 0.762. The van der Waals surface area contributed by atoms with Gasteiger partial charge < -0.3 is 5.11 Å². The molecule has 1 unspecified atom stereocenters. The largest absolute Gasteiger partial charge is 0.480 e. The summed E-state index contributed by atoms with van der Waals surface area (Å²) in [7, 11) is 0. The van der Waals surface area contributed by atoms with Gasteiger partial charge in [0.25, 0.3) is 0 Å². The maximum absolute atomic E-state index is 11.1. The first-order valence-electron chi connectivity index (χ1n) is 5.80. The van der Waals surface area contributed by atoms with Gasteiger partial charge in [-0.15, -0.1) is 0 Å². The molecule has 1 aromatic heterocycles. The molecular weight excluding hydrogens is 364 g/mol. The summed E-state index contributed by atoms with van der Waals surface area (Å²) in [6.07, 6.45) is 4.23. The first kappa shape index (κ1) is 15.6. The molecule has 0 saturated heterocycles. The van der Waals surface area contributed by atoms with E-state index in [0.717, 1.165) is 27.5 Å². The van der Waals surface area contributed by atoms with Gasteiger partial charge in [0.15, 0.2) is 0 Å². The number of aliphatic carboxylic acids is 1. The Balaban J connectivity index is 2.58. The van der Waals surface area contributed by atoms with Crippen molar-refractivity contribution in [1.29, 1.82) is 0 Å². The standard InChI is InChI=1S/C12H16Br2N2O2/c1-2-3-4-10(12(17)18)16-7-11-9(14)5-8(13)6-15-11/h5-6,10,16H,2-4,7H2,1H3,(H,17,18). The van der Waals surface area contributed by atoms with Crippen molar-refractivity contribution < 1.29 is 9.90 Å². The zero-order valence-electron chi connectivity index (χ0n) is 10.1. The van der Waals surface area contributed by atoms with Gasteiger partial charge in [-0.25, -0.2) is 0 Å². The van der Waals surface area contributed by atoms with E-state index in [0.29, 0.717) is 13.0 Å². The van der Waals surface area contributed by atoms with E-state index in [-0.39, 0.29) is 0 Å². The smallest absolute Gasteiger partial charge is 0.320 e. The van der Waals surface area contributed by atoms with Crippen molar-refractivity contribution in [2.75, 3.05) is 0 Å². The van der Waals surface area contributed by atoms with E-state index in [1.54, 1.807) is 6.20 Å². The van der Waals surface area contributed by atoms with Crippen LogP contribution in [-0.4, -0.2) is 22.1 Å². The number of rotatable bonds is 7. The first-order valence-corrected chi connectivity index (χ1v) is 7.39. The number of nitrogens with one attached hydrogen (secondary N) is 1. The Morgan fingerprint density at radius 2 is 2.28 bits per heavy atom. The van der Waals surface area contributed by atoms with E-state index >= 15 is 0 Å². The number of hydrogen-bond acceptors (Lipinski definition) is 3. The van der Waals surface area contributed by atoms with Gasteiger partial charge >= 0.3 is 5.97 Å². The van der Waals surface area contributed by atoms with Gasteiger partial charge in [-0.05, 0) is 44.3 Å². The highest BCUT2D eigenvalue weighted by atomic mass is 79.9. The monoisotopic (exact) mass is 378 g/mol. The van der Waals surface area contributed by atoms with Crippen LogP contribution in [0, 0.1) is 0 Å². The van der Waals surface area contributed by atoms with Crippen LogP contribution in [0.4, 0.5) is 0 Å². The average Bonchev–Trinajstić information content (AvgIpc) is 2.31. The first-order chi connectivity index (χ1) is 8.54. The third kappa shape index (κ3) is 5.04. The molecule has 0 aliphatic heterocycles. The minimum atomic E-state index is -0.809. The van der Waals surface area contributed by atoms with Crippen molar-refractivity contribution in [2.24, 2.45) is 0 Å². The van der Waals surface area contributed by atoms with Crippen LogP contribution < -0.4 is 5.32 Å². The van der Waals surface area contributed by atoms with Crippen LogP contribution in [0.2, 0.25) is 0 Å². The third-order valence-corrected chi connectivity index (χ3v) is 3.66. The SMILES string of the molecule is CCCCC(NCc1ncc(Br)cc1Br)C(=O)O. The summed E-state index contributed by atoms with van der Waals surface area (Å²) in [5.74, 6) is -0.809. The fraction of sp³-hybridized carbons (Fsp3) is 0.500. The molecule has 0 fully saturated rings. The Hall–Kier alpha value is -0.460. The summed E-state index contributed by atoms with van der Waals surface area (Å²) in [6, 6.07) is 1.38. The molecule has 0 aliphatic rings. The summed E-state index contributed by atoms with van der Waals surface area (Å²) in [5.41, 5.74) is 0.806. The molecule has 0 bridgehead atoms. The summed E-state index contributed by atoms with van der Waals surface area (Å²) in [6.45, 7) is 2.49. The molecule has 0 aromatic carbocycles. The molecule has 0 aliphatic carbocycles. The normalized spacial score (nSPS) is 12.4. The Morgan fingerprint density at radius 1 is 1.56 bits per heavy atom. The van der Waals surface area contributed by atoms with Crippen molar-refractivity contribution in [3.63, 3.8) is 0 Å². The number of hydrogen-bond donors (Lipinski definition) is 2. The number of aromatic nitrogens is 1. The van der Waals surface area contributed by atoms with Crippen LogP contribution >= 0.6 is 31.9 Å². The highest BCUT2D eigenvalue weighted by Gasteiger charge is 2.16. The predicted octanol–water partition coefficient (Wildman–Crippen LogP) is 3.34. The minimum Gasteiger partial charge on any atom is -0.480 e. The topological polar surface area (TPSA) is 62.2 Å². The van der Waals surface area contributed by atoms with Crippen molar-refractivity contribution in [2.45, 2.75) is 38.8 Å². The number of carboxylic acid groups (broad SMARTS) is 1. The third-order valence-electron chi connectivity index (χ3n) is 2.54. The lowest BCUT2D eigenvalue weighted by Gasteiger charge is -2.14. The number of halogens is 2. The summed E-state index contributed by atoms with van der Waals surface area (Å²) >= 11 is 6.73. The van der Waals surface area contributed by atoms with Crippen molar-refractivity contribution in [3.05, 3.63) is 26.9 Å². The molecule has 2 N–H and O–H groups in total. The lowest BCUT2D eigenvalue weighted by molar-refractivity contribution is -0.139. The number of unbranched alkanes of at least 4 members (excludes halogenated alkanes) is 1. The average molecular weight is 380 g/mol. The molecule has 0 saturated carbocycles. The second-order valence-corrected chi connectivity index (χ2v) is 5.77. The molecular formula is C12H16Br2N2O2. The van der Waals surface area contributed by atoms with Gasteiger partial charge in [-0.1, -0.05) is 19.8 Å². The number of carbonyl (C=O) groups is 1. The fourth-order valence-electron chi connectivity index (χ4n) is 1.51. The minimum absolute atomic E-state index is 0.439. The van der Waals surface area contributed by atoms with E-state index in [1.807, 2.05) is 13.0 Å². The van der Waals surface area contributed by atoms with Gasteiger partial charge in [-0.2, -0.15) is 0 Å². The second kappa shape index (κ2) is 7.86. The van der Waals surface area contributed by atoms with Gasteiger partial charge in [0.2, 0.25) is 0 Å². The number of pyridine rings is 1. The Morgan fingerprint density at radius 3 is 2.83 bits per heavy atom. The van der Waals surface area contributed by atoms with Gasteiger partial charge in [-0.3, -0.25) is 15.1 Å². The Labute approximate surface area is 123 Å². The van der Waals surface area contributed by atoms with Gasteiger partial charge in [0.05, 0.1) is 5.69 Å². The lowest BCUT2D eigenvalue weighted by atomic mass is 10.1. The maximum Gasteiger partial charge on any atom is 0.320 e. The lowest BCUT2D eigenvalue weighted by Crippen LogP contribution is -2.36. The van der Waals surface area contributed by atoms with Gasteiger partial charge in [0, 0.05) is 21.7 Å². The highest BCUT2D eigenvalue weighted by molar-refractivity contribution is 9.11. The second-order valence-electron chi connectivity index (χ2n) is 4.00. The Kier molecular flexibility index (Phi) is 6.81. The molecule has 18 heavy (non-hydrogen) atoms. The summed E-state index contributed by atoms with van der Waals surface area (Å²) in [4.78, 5) is 15.3. The summed E-state index contributed by atoms with van der Waals surface area (Å²) < 4.78 is 1.75. The van der Waals surface area contributed by atoms with Crippen LogP contribution in [0.15, 0.2) is 21.2 Å². The van der Waals surface area contributed by atoms with E-state index < -0.39 is 12.0 Å². The molecule has 0 amide bonds. The number of carboxylic acids is 1. The van der Waals surface area contributed by atoms with Crippen LogP contribution in [0.25, 0.3) is 0 Å². The molecule has 6 heteroatoms. The molecule has 1 rings (SSSR count). The molecule has 4 nitrogen and oxygen atoms in total. The van der Waals surface area contributed by atoms with Crippen molar-refractivity contribution in [3.8, 4) is 0 Å². The van der Waals surface area contributed by atoms with Gasteiger partial charge in [0.1, 0.15) is 6.04 Å². The van der Waals surface area contributed by atoms with E-state index in [9.17, 15) is 4.79 Å². The van der Waals surface area contributed by atoms with E-state index in [2.05, 4.69) is 42.2 Å². The predicted molar refractivity (Wildman–Crippen MR) is 77.4 cm³/mol. The van der Waals surface area contributed by atoms with Crippen LogP contribution in [0.3, 0.4) is 0 Å². The van der Waals surface area contributed by atoms with Crippen LogP contribution in [0.1, 0.15) is 31.9 Å². The van der Waals surface area contributed by atoms with Crippen molar-refractivity contribution >= 4 is 37.8 Å². The summed E-state index contributed by atoms with van der Waals surface area (Å²) in [5, 5.41) is 12.1. The molecule has 1 atom stereocenters. The highest BCUT2D eigenvalue weighted by Crippen LogP contribution is 2.19. The van der Waals surface area contributed by atoms with E-state index in [1.165, 1.54) is 0 Å². The molecule has 1 aromatic rings. The molecule has 0 radical (unpaired) electrons. The molecule has 100 valence electrons. The van der Waals surface area contributed by atoms with Crippen LogP contribution in [0.5, 0.6) is 0 Å². The number of nitrogens with zero attached hydrogens (tertiary/aromatic N) is 1. The zero-order chi connectivity index (χ0) is 13.5.